The molecule has 0 amide bonds. The molecule has 0 aliphatic carbocycles. The van der Waals surface area contributed by atoms with Crippen LogP contribution in [0.4, 0.5) is 0 Å². The summed E-state index contributed by atoms with van der Waals surface area (Å²) in [5.74, 6) is 0.704. The van der Waals surface area contributed by atoms with Gasteiger partial charge >= 0.3 is 0 Å². The van der Waals surface area contributed by atoms with Crippen molar-refractivity contribution in [2.24, 2.45) is 0 Å². The van der Waals surface area contributed by atoms with Gasteiger partial charge in [0.2, 0.25) is 0 Å². The lowest BCUT2D eigenvalue weighted by molar-refractivity contribution is 0.414. The van der Waals surface area contributed by atoms with Gasteiger partial charge in [0.15, 0.2) is 13.2 Å². The Labute approximate surface area is 122 Å². The molecule has 7 heteroatoms. The van der Waals surface area contributed by atoms with Gasteiger partial charge in [-0.3, -0.25) is 0 Å². The fourth-order valence-electron chi connectivity index (χ4n) is 1.20. The second-order valence-corrected chi connectivity index (χ2v) is 10.9. The Balaban J connectivity index is 3.07. The van der Waals surface area contributed by atoms with Gasteiger partial charge in [0.25, 0.3) is 0 Å². The quantitative estimate of drug-likeness (QED) is 0.579. The lowest BCUT2D eigenvalue weighted by atomic mass is 10.1. The molecule has 3 nitrogen and oxygen atoms in total. The molecule has 1 rings (SSSR count). The summed E-state index contributed by atoms with van der Waals surface area (Å²) in [5.41, 5.74) is 0.715. The average molecular weight is 437 g/mol. The lowest BCUT2D eigenvalue weighted by Crippen LogP contribution is -2.19. The SMILES string of the molecule is COc1ccc(C(S(=O)O)C(Br)(Br)Br)cc1. The first-order valence-electron chi connectivity index (χ1n) is 4.16. The Morgan fingerprint density at radius 3 is 2.12 bits per heavy atom. The summed E-state index contributed by atoms with van der Waals surface area (Å²) < 4.78 is 24.8. The van der Waals surface area contributed by atoms with Crippen molar-refractivity contribution in [3.63, 3.8) is 0 Å². The summed E-state index contributed by atoms with van der Waals surface area (Å²) >= 11 is 7.79. The molecule has 0 aliphatic rings. The molecular formula is C9H9Br3O3S. The maximum absolute atomic E-state index is 11.3. The van der Waals surface area contributed by atoms with Crippen molar-refractivity contribution in [3.05, 3.63) is 29.8 Å². The number of hydrogen-bond donors (Lipinski definition) is 1. The first kappa shape index (κ1) is 14.6. The number of hydrogen-bond acceptors (Lipinski definition) is 2. The van der Waals surface area contributed by atoms with E-state index in [1.54, 1.807) is 31.4 Å². The zero-order chi connectivity index (χ0) is 12.3. The molecule has 0 aromatic heterocycles. The maximum atomic E-state index is 11.3. The van der Waals surface area contributed by atoms with E-state index in [2.05, 4.69) is 47.8 Å². The Morgan fingerprint density at radius 1 is 1.31 bits per heavy atom. The number of benzene rings is 1. The van der Waals surface area contributed by atoms with Crippen molar-refractivity contribution >= 4 is 58.9 Å². The largest absolute Gasteiger partial charge is 0.497 e. The Kier molecular flexibility index (Phi) is 5.44. The van der Waals surface area contributed by atoms with Gasteiger partial charge in [-0.05, 0) is 17.7 Å². The van der Waals surface area contributed by atoms with Crippen molar-refractivity contribution in [2.75, 3.05) is 7.11 Å². The van der Waals surface area contributed by atoms with Gasteiger partial charge in [-0.1, -0.05) is 59.9 Å². The zero-order valence-electron chi connectivity index (χ0n) is 8.19. The zero-order valence-corrected chi connectivity index (χ0v) is 13.8. The smallest absolute Gasteiger partial charge is 0.163 e. The van der Waals surface area contributed by atoms with Crippen molar-refractivity contribution in [2.45, 2.75) is 7.39 Å². The third-order valence-electron chi connectivity index (χ3n) is 1.92. The normalized spacial score (nSPS) is 15.6. The Hall–Kier alpha value is 0.570. The van der Waals surface area contributed by atoms with Crippen LogP contribution in [0.2, 0.25) is 0 Å². The molecule has 2 unspecified atom stereocenters. The Morgan fingerprint density at radius 2 is 1.81 bits per heavy atom. The summed E-state index contributed by atoms with van der Waals surface area (Å²) in [5, 5.41) is -0.640. The molecule has 0 spiro atoms. The molecule has 0 saturated carbocycles. The van der Waals surface area contributed by atoms with Gasteiger partial charge in [-0.15, -0.1) is 0 Å². The maximum Gasteiger partial charge on any atom is 0.163 e. The highest BCUT2D eigenvalue weighted by Crippen LogP contribution is 2.48. The number of rotatable bonds is 3. The number of alkyl halides is 3. The topological polar surface area (TPSA) is 46.5 Å². The van der Waals surface area contributed by atoms with Gasteiger partial charge in [0.05, 0.1) is 7.11 Å². The van der Waals surface area contributed by atoms with E-state index in [0.29, 0.717) is 11.3 Å². The molecule has 0 radical (unpaired) electrons. The lowest BCUT2D eigenvalue weighted by Gasteiger charge is -2.22. The molecule has 0 saturated heterocycles. The van der Waals surface area contributed by atoms with E-state index in [9.17, 15) is 8.76 Å². The van der Waals surface area contributed by atoms with Crippen LogP contribution >= 0.6 is 47.8 Å². The second kappa shape index (κ2) is 5.95. The van der Waals surface area contributed by atoms with Crippen LogP contribution in [-0.4, -0.2) is 18.0 Å². The summed E-state index contributed by atoms with van der Waals surface area (Å²) in [6, 6.07) is 6.98. The van der Waals surface area contributed by atoms with Crippen LogP contribution in [0.15, 0.2) is 24.3 Å². The number of methoxy groups -OCH3 is 1. The number of ether oxygens (including phenoxy) is 1. The summed E-state index contributed by atoms with van der Waals surface area (Å²) in [7, 11) is 1.57. The van der Waals surface area contributed by atoms with E-state index in [1.165, 1.54) is 0 Å². The van der Waals surface area contributed by atoms with Crippen molar-refractivity contribution in [1.82, 2.24) is 0 Å². The summed E-state index contributed by atoms with van der Waals surface area (Å²) in [6.45, 7) is 0. The van der Waals surface area contributed by atoms with Crippen LogP contribution in [0.5, 0.6) is 5.75 Å². The van der Waals surface area contributed by atoms with E-state index >= 15 is 0 Å². The summed E-state index contributed by atoms with van der Waals surface area (Å²) in [4.78, 5) is 0. The van der Waals surface area contributed by atoms with E-state index in [-0.39, 0.29) is 0 Å². The minimum Gasteiger partial charge on any atom is -0.497 e. The third-order valence-corrected chi connectivity index (χ3v) is 5.23. The monoisotopic (exact) mass is 434 g/mol. The van der Waals surface area contributed by atoms with Crippen molar-refractivity contribution < 1.29 is 13.5 Å². The molecular weight excluding hydrogens is 428 g/mol. The molecule has 1 N–H and O–H groups in total. The highest BCUT2D eigenvalue weighted by Gasteiger charge is 2.36. The summed E-state index contributed by atoms with van der Waals surface area (Å²) in [6.07, 6.45) is 0. The molecule has 0 bridgehead atoms. The van der Waals surface area contributed by atoms with Crippen LogP contribution < -0.4 is 4.74 Å². The molecule has 0 heterocycles. The first-order valence-corrected chi connectivity index (χ1v) is 7.71. The standard InChI is InChI=1S/C9H9Br3O3S/c1-15-7-4-2-6(3-5-7)8(16(13)14)9(10,11)12/h2-5,8H,1H3,(H,13,14). The van der Waals surface area contributed by atoms with Gasteiger partial charge in [0, 0.05) is 0 Å². The fraction of sp³-hybridized carbons (Fsp3) is 0.333. The fourth-order valence-corrected chi connectivity index (χ4v) is 4.05. The van der Waals surface area contributed by atoms with E-state index < -0.39 is 18.5 Å². The highest BCUT2D eigenvalue weighted by atomic mass is 80.0. The van der Waals surface area contributed by atoms with Crippen molar-refractivity contribution in [3.8, 4) is 5.75 Å². The predicted octanol–water partition coefficient (Wildman–Crippen LogP) is 3.80. The first-order chi connectivity index (χ1) is 7.36. The van der Waals surface area contributed by atoms with Gasteiger partial charge in [-0.2, -0.15) is 0 Å². The van der Waals surface area contributed by atoms with Gasteiger partial charge < -0.3 is 9.29 Å². The Bertz CT molecular complexity index is 375. The van der Waals surface area contributed by atoms with Crippen LogP contribution in [0, 0.1) is 0 Å². The molecule has 1 aromatic carbocycles. The van der Waals surface area contributed by atoms with Crippen LogP contribution in [-0.2, 0) is 11.1 Å². The molecule has 2 atom stereocenters. The minimum atomic E-state index is -2.01. The van der Waals surface area contributed by atoms with Crippen LogP contribution in [0.25, 0.3) is 0 Å². The van der Waals surface area contributed by atoms with E-state index in [4.69, 9.17) is 4.74 Å². The minimum absolute atomic E-state index is 0.640. The average Bonchev–Trinajstić information content (AvgIpc) is 2.16. The van der Waals surface area contributed by atoms with E-state index in [1.807, 2.05) is 0 Å². The van der Waals surface area contributed by atoms with Crippen LogP contribution in [0.1, 0.15) is 10.8 Å². The van der Waals surface area contributed by atoms with Gasteiger partial charge in [0.1, 0.15) is 11.0 Å². The third kappa shape index (κ3) is 3.80. The highest BCUT2D eigenvalue weighted by molar-refractivity contribution is 9.39. The van der Waals surface area contributed by atoms with Gasteiger partial charge in [-0.25, -0.2) is 4.21 Å². The molecule has 90 valence electrons. The second-order valence-electron chi connectivity index (χ2n) is 2.97. The number of halogens is 3. The molecule has 0 aliphatic heterocycles. The van der Waals surface area contributed by atoms with Crippen LogP contribution in [0.3, 0.4) is 0 Å². The molecule has 0 fully saturated rings. The predicted molar refractivity (Wildman–Crippen MR) is 76.0 cm³/mol. The van der Waals surface area contributed by atoms with E-state index in [0.717, 1.165) is 0 Å². The van der Waals surface area contributed by atoms with Crippen molar-refractivity contribution in [1.29, 1.82) is 0 Å². The molecule has 16 heavy (non-hydrogen) atoms. The molecule has 1 aromatic rings.